The molecule has 0 aliphatic heterocycles. The highest BCUT2D eigenvalue weighted by atomic mass is 32.1. The van der Waals surface area contributed by atoms with Gasteiger partial charge >= 0.3 is 6.09 Å². The van der Waals surface area contributed by atoms with Gasteiger partial charge in [0.15, 0.2) is 5.13 Å². The normalized spacial score (nSPS) is 11.7. The third-order valence-corrected chi connectivity index (χ3v) is 4.42. The lowest BCUT2D eigenvalue weighted by Crippen LogP contribution is -2.41. The van der Waals surface area contributed by atoms with E-state index in [2.05, 4.69) is 15.6 Å². The summed E-state index contributed by atoms with van der Waals surface area (Å²) in [6.07, 6.45) is -0.643. The smallest absolute Gasteiger partial charge is 0.408 e. The van der Waals surface area contributed by atoms with Crippen molar-refractivity contribution in [1.29, 1.82) is 0 Å². The van der Waals surface area contributed by atoms with Crippen molar-refractivity contribution in [3.05, 3.63) is 60.2 Å². The minimum Gasteiger partial charge on any atom is -0.445 e. The van der Waals surface area contributed by atoms with Crippen LogP contribution in [0.1, 0.15) is 12.5 Å². The van der Waals surface area contributed by atoms with E-state index in [-0.39, 0.29) is 12.5 Å². The number of nitrogens with zero attached hydrogens (tertiary/aromatic N) is 1. The molecule has 7 heteroatoms. The molecule has 2 N–H and O–H groups in total. The molecule has 1 aromatic heterocycles. The van der Waals surface area contributed by atoms with Crippen molar-refractivity contribution in [3.63, 3.8) is 0 Å². The topological polar surface area (TPSA) is 80.3 Å². The molecule has 1 atom stereocenters. The zero-order chi connectivity index (χ0) is 17.6. The van der Waals surface area contributed by atoms with E-state index >= 15 is 0 Å². The zero-order valence-electron chi connectivity index (χ0n) is 13.6. The Labute approximate surface area is 148 Å². The van der Waals surface area contributed by atoms with E-state index in [9.17, 15) is 9.59 Å². The van der Waals surface area contributed by atoms with Gasteiger partial charge in [-0.15, -0.1) is 0 Å². The molecule has 128 valence electrons. The molecule has 0 bridgehead atoms. The van der Waals surface area contributed by atoms with Gasteiger partial charge in [-0.05, 0) is 24.6 Å². The van der Waals surface area contributed by atoms with Crippen molar-refractivity contribution in [3.8, 4) is 0 Å². The predicted molar refractivity (Wildman–Crippen MR) is 97.5 cm³/mol. The standard InChI is InChI=1S/C18H17N3O3S/c1-12(19-18(23)24-11-13-7-3-2-4-8-13)16(22)21-17-20-14-9-5-6-10-15(14)25-17/h2-10,12H,11H2,1H3,(H,19,23)(H,20,21,22). The summed E-state index contributed by atoms with van der Waals surface area (Å²) in [7, 11) is 0. The number of benzene rings is 2. The van der Waals surface area contributed by atoms with Crippen LogP contribution in [0.5, 0.6) is 0 Å². The average Bonchev–Trinajstić information content (AvgIpc) is 3.03. The van der Waals surface area contributed by atoms with E-state index < -0.39 is 12.1 Å². The second kappa shape index (κ2) is 7.76. The predicted octanol–water partition coefficient (Wildman–Crippen LogP) is 3.55. The minimum atomic E-state index is -0.740. The molecule has 2 aromatic carbocycles. The molecule has 1 heterocycles. The van der Waals surface area contributed by atoms with Gasteiger partial charge in [0.05, 0.1) is 10.2 Å². The quantitative estimate of drug-likeness (QED) is 0.733. The van der Waals surface area contributed by atoms with Crippen LogP contribution in [-0.2, 0) is 16.1 Å². The highest BCUT2D eigenvalue weighted by Crippen LogP contribution is 2.25. The molecule has 1 unspecified atom stereocenters. The van der Waals surface area contributed by atoms with E-state index in [1.807, 2.05) is 54.6 Å². The number of amides is 2. The van der Waals surface area contributed by atoms with Crippen LogP contribution in [0.3, 0.4) is 0 Å². The number of carbonyl (C=O) groups is 2. The van der Waals surface area contributed by atoms with Crippen molar-refractivity contribution < 1.29 is 14.3 Å². The largest absolute Gasteiger partial charge is 0.445 e. The fourth-order valence-electron chi connectivity index (χ4n) is 2.15. The lowest BCUT2D eigenvalue weighted by molar-refractivity contribution is -0.117. The molecular formula is C18H17N3O3S. The van der Waals surface area contributed by atoms with E-state index in [4.69, 9.17) is 4.74 Å². The minimum absolute atomic E-state index is 0.152. The van der Waals surface area contributed by atoms with Gasteiger partial charge in [-0.2, -0.15) is 0 Å². The fraction of sp³-hybridized carbons (Fsp3) is 0.167. The third-order valence-electron chi connectivity index (χ3n) is 3.46. The molecule has 6 nitrogen and oxygen atoms in total. The first-order valence-electron chi connectivity index (χ1n) is 7.75. The number of carbonyl (C=O) groups excluding carboxylic acids is 2. The summed E-state index contributed by atoms with van der Waals surface area (Å²) >= 11 is 1.38. The maximum absolute atomic E-state index is 12.2. The van der Waals surface area contributed by atoms with Crippen molar-refractivity contribution >= 4 is 38.7 Å². The number of fused-ring (bicyclic) bond motifs is 1. The van der Waals surface area contributed by atoms with E-state index in [0.717, 1.165) is 15.8 Å². The van der Waals surface area contributed by atoms with Crippen molar-refractivity contribution in [1.82, 2.24) is 10.3 Å². The lowest BCUT2D eigenvalue weighted by Gasteiger charge is -2.13. The van der Waals surface area contributed by atoms with Gasteiger partial charge in [-0.25, -0.2) is 9.78 Å². The van der Waals surface area contributed by atoms with Crippen molar-refractivity contribution in [2.75, 3.05) is 5.32 Å². The van der Waals surface area contributed by atoms with Crippen LogP contribution in [-0.4, -0.2) is 23.0 Å². The maximum Gasteiger partial charge on any atom is 0.408 e. The molecule has 0 fully saturated rings. The van der Waals surface area contributed by atoms with E-state index in [0.29, 0.717) is 5.13 Å². The zero-order valence-corrected chi connectivity index (χ0v) is 14.4. The lowest BCUT2D eigenvalue weighted by atomic mass is 10.2. The van der Waals surface area contributed by atoms with Gasteiger partial charge in [-0.1, -0.05) is 53.8 Å². The molecule has 2 amide bonds. The third kappa shape index (κ3) is 4.54. The van der Waals surface area contributed by atoms with Crippen LogP contribution in [0.4, 0.5) is 9.93 Å². The molecule has 0 saturated heterocycles. The van der Waals surface area contributed by atoms with Crippen LogP contribution >= 0.6 is 11.3 Å². The number of alkyl carbamates (subject to hydrolysis) is 1. The van der Waals surface area contributed by atoms with Crippen LogP contribution in [0.25, 0.3) is 10.2 Å². The maximum atomic E-state index is 12.2. The highest BCUT2D eigenvalue weighted by Gasteiger charge is 2.18. The first-order chi connectivity index (χ1) is 12.1. The summed E-state index contributed by atoms with van der Waals surface area (Å²) in [6, 6.07) is 16.2. The van der Waals surface area contributed by atoms with Gasteiger partial charge in [-0.3, -0.25) is 4.79 Å². The Bertz CT molecular complexity index is 846. The molecular weight excluding hydrogens is 338 g/mol. The molecule has 0 radical (unpaired) electrons. The van der Waals surface area contributed by atoms with Gasteiger partial charge in [0.25, 0.3) is 0 Å². The summed E-state index contributed by atoms with van der Waals surface area (Å²) in [6.45, 7) is 1.74. The molecule has 3 rings (SSSR count). The second-order valence-corrected chi connectivity index (χ2v) is 6.43. The second-order valence-electron chi connectivity index (χ2n) is 5.40. The SMILES string of the molecule is CC(NC(=O)OCc1ccccc1)C(=O)Nc1nc2ccccc2s1. The Kier molecular flexibility index (Phi) is 5.25. The van der Waals surface area contributed by atoms with E-state index in [1.54, 1.807) is 6.92 Å². The van der Waals surface area contributed by atoms with Crippen LogP contribution < -0.4 is 10.6 Å². The number of aromatic nitrogens is 1. The Hall–Kier alpha value is -2.93. The summed E-state index contributed by atoms with van der Waals surface area (Å²) in [4.78, 5) is 28.3. The highest BCUT2D eigenvalue weighted by molar-refractivity contribution is 7.22. The fourth-order valence-corrected chi connectivity index (χ4v) is 3.02. The Morgan fingerprint density at radius 3 is 2.60 bits per heavy atom. The summed E-state index contributed by atoms with van der Waals surface area (Å²) < 4.78 is 6.09. The molecule has 25 heavy (non-hydrogen) atoms. The van der Waals surface area contributed by atoms with Gasteiger partial charge < -0.3 is 15.4 Å². The molecule has 0 aliphatic carbocycles. The van der Waals surface area contributed by atoms with E-state index in [1.165, 1.54) is 11.3 Å². The number of anilines is 1. The number of hydrogen-bond acceptors (Lipinski definition) is 5. The number of ether oxygens (including phenoxy) is 1. The van der Waals surface area contributed by atoms with Crippen molar-refractivity contribution in [2.24, 2.45) is 0 Å². The van der Waals surface area contributed by atoms with Gasteiger partial charge in [0.1, 0.15) is 12.6 Å². The van der Waals surface area contributed by atoms with Crippen LogP contribution in [0, 0.1) is 0 Å². The summed E-state index contributed by atoms with van der Waals surface area (Å²) in [5.74, 6) is -0.351. The molecule has 0 saturated carbocycles. The van der Waals surface area contributed by atoms with Crippen LogP contribution in [0.2, 0.25) is 0 Å². The Balaban J connectivity index is 1.50. The first kappa shape index (κ1) is 16.9. The number of para-hydroxylation sites is 1. The van der Waals surface area contributed by atoms with Gasteiger partial charge in [0, 0.05) is 0 Å². The Morgan fingerprint density at radius 1 is 1.12 bits per heavy atom. The summed E-state index contributed by atoms with van der Waals surface area (Å²) in [5, 5.41) is 5.71. The number of hydrogen-bond donors (Lipinski definition) is 2. The van der Waals surface area contributed by atoms with Crippen LogP contribution in [0.15, 0.2) is 54.6 Å². The molecule has 0 spiro atoms. The first-order valence-corrected chi connectivity index (χ1v) is 8.57. The molecule has 0 aliphatic rings. The Morgan fingerprint density at radius 2 is 1.84 bits per heavy atom. The monoisotopic (exact) mass is 355 g/mol. The van der Waals surface area contributed by atoms with Gasteiger partial charge in [0.2, 0.25) is 5.91 Å². The number of nitrogens with one attached hydrogen (secondary N) is 2. The molecule has 3 aromatic rings. The average molecular weight is 355 g/mol. The number of thiazole rings is 1. The number of rotatable bonds is 5. The summed E-state index contributed by atoms with van der Waals surface area (Å²) in [5.41, 5.74) is 1.70. The van der Waals surface area contributed by atoms with Crippen molar-refractivity contribution in [2.45, 2.75) is 19.6 Å².